The molecule has 0 bridgehead atoms. The standard InChI is InChI=1S/C15H14N2/c1-17(2)15-11-7-3-5-9-13(11)16-14-10-6-4-8-12(14)15/h3-10H,1-2H3. The normalized spacial score (nSPS) is 10.9. The summed E-state index contributed by atoms with van der Waals surface area (Å²) in [7, 11) is 4.16. The third-order valence-electron chi connectivity index (χ3n) is 3.01. The fraction of sp³-hybridized carbons (Fsp3) is 0.133. The van der Waals surface area contributed by atoms with E-state index in [4.69, 9.17) is 4.98 Å². The monoisotopic (exact) mass is 222 g/mol. The Morgan fingerprint density at radius 1 is 0.765 bits per heavy atom. The Bertz CT molecular complexity index is 633. The molecule has 0 aliphatic carbocycles. The molecular formula is C15H14N2. The van der Waals surface area contributed by atoms with Crippen LogP contribution in [-0.4, -0.2) is 19.1 Å². The quantitative estimate of drug-likeness (QED) is 0.586. The number of benzene rings is 2. The summed E-state index contributed by atoms with van der Waals surface area (Å²) < 4.78 is 0. The molecule has 0 saturated heterocycles. The Morgan fingerprint density at radius 3 is 1.71 bits per heavy atom. The predicted molar refractivity (Wildman–Crippen MR) is 73.6 cm³/mol. The molecule has 0 amide bonds. The molecule has 2 heteroatoms. The van der Waals surface area contributed by atoms with Crippen molar-refractivity contribution >= 4 is 27.5 Å². The van der Waals surface area contributed by atoms with E-state index in [2.05, 4.69) is 55.4 Å². The molecule has 17 heavy (non-hydrogen) atoms. The molecule has 1 heterocycles. The number of hydrogen-bond acceptors (Lipinski definition) is 2. The molecule has 1 aromatic heterocycles. The third-order valence-corrected chi connectivity index (χ3v) is 3.01. The average molecular weight is 222 g/mol. The number of aromatic nitrogens is 1. The summed E-state index contributed by atoms with van der Waals surface area (Å²) >= 11 is 0. The van der Waals surface area contributed by atoms with Crippen LogP contribution in [0.25, 0.3) is 21.8 Å². The SMILES string of the molecule is CN(C)c1c2ccccc2nc2ccccc12. The zero-order valence-corrected chi connectivity index (χ0v) is 10.0. The highest BCUT2D eigenvalue weighted by atomic mass is 15.1. The van der Waals surface area contributed by atoms with Crippen LogP contribution in [0, 0.1) is 0 Å². The van der Waals surface area contributed by atoms with E-state index in [1.165, 1.54) is 16.5 Å². The highest BCUT2D eigenvalue weighted by Gasteiger charge is 2.09. The Labute approximate surface area is 101 Å². The van der Waals surface area contributed by atoms with Crippen LogP contribution in [0.15, 0.2) is 48.5 Å². The van der Waals surface area contributed by atoms with Crippen molar-refractivity contribution in [1.82, 2.24) is 4.98 Å². The smallest absolute Gasteiger partial charge is 0.0730 e. The van der Waals surface area contributed by atoms with Crippen LogP contribution in [0.4, 0.5) is 5.69 Å². The number of para-hydroxylation sites is 2. The van der Waals surface area contributed by atoms with Crippen LogP contribution >= 0.6 is 0 Å². The highest BCUT2D eigenvalue weighted by molar-refractivity contribution is 6.07. The van der Waals surface area contributed by atoms with Gasteiger partial charge in [0.1, 0.15) is 0 Å². The van der Waals surface area contributed by atoms with Crippen molar-refractivity contribution in [3.8, 4) is 0 Å². The van der Waals surface area contributed by atoms with E-state index in [9.17, 15) is 0 Å². The molecule has 84 valence electrons. The molecule has 0 N–H and O–H groups in total. The first-order valence-corrected chi connectivity index (χ1v) is 5.72. The van der Waals surface area contributed by atoms with Gasteiger partial charge in [-0.3, -0.25) is 0 Å². The van der Waals surface area contributed by atoms with Gasteiger partial charge in [-0.1, -0.05) is 36.4 Å². The largest absolute Gasteiger partial charge is 0.377 e. The van der Waals surface area contributed by atoms with Gasteiger partial charge < -0.3 is 4.90 Å². The lowest BCUT2D eigenvalue weighted by atomic mass is 10.1. The maximum atomic E-state index is 4.69. The van der Waals surface area contributed by atoms with Gasteiger partial charge in [0, 0.05) is 24.9 Å². The van der Waals surface area contributed by atoms with Crippen LogP contribution < -0.4 is 4.90 Å². The van der Waals surface area contributed by atoms with Gasteiger partial charge >= 0.3 is 0 Å². The average Bonchev–Trinajstić information content (AvgIpc) is 2.35. The number of nitrogens with zero attached hydrogens (tertiary/aromatic N) is 2. The molecule has 0 radical (unpaired) electrons. The van der Waals surface area contributed by atoms with Crippen molar-refractivity contribution in [2.45, 2.75) is 0 Å². The minimum absolute atomic E-state index is 1.05. The highest BCUT2D eigenvalue weighted by Crippen LogP contribution is 2.32. The van der Waals surface area contributed by atoms with E-state index in [-0.39, 0.29) is 0 Å². The Morgan fingerprint density at radius 2 is 1.24 bits per heavy atom. The van der Waals surface area contributed by atoms with Gasteiger partial charge in [0.15, 0.2) is 0 Å². The molecule has 0 saturated carbocycles. The molecule has 0 unspecified atom stereocenters. The van der Waals surface area contributed by atoms with E-state index >= 15 is 0 Å². The lowest BCUT2D eigenvalue weighted by molar-refractivity contribution is 1.15. The van der Waals surface area contributed by atoms with Crippen LogP contribution in [0.1, 0.15) is 0 Å². The second-order valence-electron chi connectivity index (χ2n) is 4.39. The topological polar surface area (TPSA) is 16.1 Å². The Kier molecular flexibility index (Phi) is 2.22. The first-order chi connectivity index (χ1) is 8.27. The van der Waals surface area contributed by atoms with Crippen molar-refractivity contribution in [3.63, 3.8) is 0 Å². The maximum absolute atomic E-state index is 4.69. The predicted octanol–water partition coefficient (Wildman–Crippen LogP) is 3.45. The first kappa shape index (κ1) is 10.1. The molecule has 0 aliphatic heterocycles. The zero-order chi connectivity index (χ0) is 11.8. The molecule has 2 aromatic carbocycles. The number of hydrogen-bond donors (Lipinski definition) is 0. The fourth-order valence-corrected chi connectivity index (χ4v) is 2.30. The van der Waals surface area contributed by atoms with Crippen LogP contribution in [-0.2, 0) is 0 Å². The molecule has 0 spiro atoms. The molecule has 0 aliphatic rings. The summed E-state index contributed by atoms with van der Waals surface area (Å²) in [6, 6.07) is 16.6. The van der Waals surface area contributed by atoms with E-state index in [1.807, 2.05) is 12.1 Å². The second kappa shape index (κ2) is 3.74. The van der Waals surface area contributed by atoms with Gasteiger partial charge in [-0.15, -0.1) is 0 Å². The summed E-state index contributed by atoms with van der Waals surface area (Å²) in [6.45, 7) is 0. The van der Waals surface area contributed by atoms with Crippen molar-refractivity contribution < 1.29 is 0 Å². The fourth-order valence-electron chi connectivity index (χ4n) is 2.30. The summed E-state index contributed by atoms with van der Waals surface area (Å²) in [5, 5.41) is 2.41. The van der Waals surface area contributed by atoms with E-state index < -0.39 is 0 Å². The second-order valence-corrected chi connectivity index (χ2v) is 4.39. The molecule has 3 rings (SSSR count). The van der Waals surface area contributed by atoms with Gasteiger partial charge in [0.25, 0.3) is 0 Å². The van der Waals surface area contributed by atoms with Gasteiger partial charge in [0.2, 0.25) is 0 Å². The number of anilines is 1. The van der Waals surface area contributed by atoms with Crippen LogP contribution in [0.2, 0.25) is 0 Å². The minimum atomic E-state index is 1.05. The van der Waals surface area contributed by atoms with Gasteiger partial charge in [-0.05, 0) is 12.1 Å². The van der Waals surface area contributed by atoms with E-state index in [0.717, 1.165) is 11.0 Å². The lowest BCUT2D eigenvalue weighted by Crippen LogP contribution is -2.10. The van der Waals surface area contributed by atoms with Crippen LogP contribution in [0.5, 0.6) is 0 Å². The van der Waals surface area contributed by atoms with Crippen molar-refractivity contribution in [1.29, 1.82) is 0 Å². The molecular weight excluding hydrogens is 208 g/mol. The Balaban J connectivity index is 2.56. The van der Waals surface area contributed by atoms with E-state index in [0.29, 0.717) is 0 Å². The minimum Gasteiger partial charge on any atom is -0.377 e. The van der Waals surface area contributed by atoms with E-state index in [1.54, 1.807) is 0 Å². The molecule has 0 fully saturated rings. The summed E-state index contributed by atoms with van der Waals surface area (Å²) in [6.07, 6.45) is 0. The van der Waals surface area contributed by atoms with Crippen LogP contribution in [0.3, 0.4) is 0 Å². The van der Waals surface area contributed by atoms with Crippen molar-refractivity contribution in [3.05, 3.63) is 48.5 Å². The van der Waals surface area contributed by atoms with Crippen molar-refractivity contribution in [2.75, 3.05) is 19.0 Å². The zero-order valence-electron chi connectivity index (χ0n) is 10.0. The third kappa shape index (κ3) is 1.53. The maximum Gasteiger partial charge on any atom is 0.0730 e. The lowest BCUT2D eigenvalue weighted by Gasteiger charge is -2.18. The van der Waals surface area contributed by atoms with Crippen molar-refractivity contribution in [2.24, 2.45) is 0 Å². The Hall–Kier alpha value is -2.09. The first-order valence-electron chi connectivity index (χ1n) is 5.72. The molecule has 3 aromatic rings. The molecule has 0 atom stereocenters. The van der Waals surface area contributed by atoms with Gasteiger partial charge in [-0.2, -0.15) is 0 Å². The molecule has 2 nitrogen and oxygen atoms in total. The summed E-state index contributed by atoms with van der Waals surface area (Å²) in [4.78, 5) is 6.85. The van der Waals surface area contributed by atoms with Gasteiger partial charge in [0.05, 0.1) is 16.7 Å². The number of pyridine rings is 1. The van der Waals surface area contributed by atoms with Gasteiger partial charge in [-0.25, -0.2) is 4.98 Å². The summed E-state index contributed by atoms with van der Waals surface area (Å²) in [5.74, 6) is 0. The number of rotatable bonds is 1. The number of fused-ring (bicyclic) bond motifs is 2. The summed E-state index contributed by atoms with van der Waals surface area (Å²) in [5.41, 5.74) is 3.34.